The van der Waals surface area contributed by atoms with E-state index in [-0.39, 0.29) is 11.9 Å². The number of likely N-dealkylation sites (N-methyl/N-ethyl adjacent to an activating group) is 1. The van der Waals surface area contributed by atoms with Crippen molar-refractivity contribution >= 4 is 17.2 Å². The number of nitrogens with one attached hydrogen (secondary N) is 2. The number of hydrogen-bond acceptors (Lipinski definition) is 5. The number of aryl methyl sites for hydroxylation is 2. The first-order valence-electron chi connectivity index (χ1n) is 9.42. The molecule has 1 unspecified atom stereocenters. The van der Waals surface area contributed by atoms with Gasteiger partial charge in [0.2, 0.25) is 0 Å². The Morgan fingerprint density at radius 2 is 2.07 bits per heavy atom. The number of hydrogen-bond donors (Lipinski definition) is 2. The molecule has 0 radical (unpaired) electrons. The standard InChI is InChI=1S/C20H27N5O2S/c1-12(2)21-19(26)9-24(6)10-20-22-17(11-28-20)16-7-13(3)25(15(16)5)18-8-14(4)27-23-18/h7-8,11-12H,9-10H2,1-6H3,(H,21,26)/p+1. The van der Waals surface area contributed by atoms with Crippen LogP contribution in [0.2, 0.25) is 0 Å². The van der Waals surface area contributed by atoms with Crippen molar-refractivity contribution in [1.29, 1.82) is 0 Å². The van der Waals surface area contributed by atoms with E-state index in [0.717, 1.165) is 50.7 Å². The number of rotatable bonds is 7. The average molecular weight is 403 g/mol. The minimum absolute atomic E-state index is 0.0655. The van der Waals surface area contributed by atoms with E-state index in [0.29, 0.717) is 6.54 Å². The Balaban J connectivity index is 1.75. The number of nitrogens with zero attached hydrogens (tertiary/aromatic N) is 3. The van der Waals surface area contributed by atoms with Gasteiger partial charge in [-0.05, 0) is 40.7 Å². The van der Waals surface area contributed by atoms with Gasteiger partial charge in [-0.25, -0.2) is 4.98 Å². The number of quaternary nitrogens is 1. The summed E-state index contributed by atoms with van der Waals surface area (Å²) in [5, 5.41) is 10.2. The van der Waals surface area contributed by atoms with Crippen LogP contribution in [0.25, 0.3) is 17.1 Å². The molecule has 3 heterocycles. The maximum atomic E-state index is 11.9. The van der Waals surface area contributed by atoms with Gasteiger partial charge in [-0.15, -0.1) is 11.3 Å². The summed E-state index contributed by atoms with van der Waals surface area (Å²) >= 11 is 1.63. The topological polar surface area (TPSA) is 77.4 Å². The molecule has 0 fully saturated rings. The third-order valence-corrected chi connectivity index (χ3v) is 5.32. The van der Waals surface area contributed by atoms with Crippen molar-refractivity contribution < 1.29 is 14.2 Å². The van der Waals surface area contributed by atoms with Crippen LogP contribution in [0.4, 0.5) is 0 Å². The highest BCUT2D eigenvalue weighted by Gasteiger charge is 2.18. The fourth-order valence-electron chi connectivity index (χ4n) is 3.32. The second-order valence-corrected chi connectivity index (χ2v) is 8.52. The van der Waals surface area contributed by atoms with Gasteiger partial charge in [-0.3, -0.25) is 9.36 Å². The zero-order chi connectivity index (χ0) is 20.4. The summed E-state index contributed by atoms with van der Waals surface area (Å²) in [6.07, 6.45) is 0. The van der Waals surface area contributed by atoms with Crippen LogP contribution in [0.15, 0.2) is 22.0 Å². The second kappa shape index (κ2) is 8.28. The summed E-state index contributed by atoms with van der Waals surface area (Å²) < 4.78 is 7.31. The largest absolute Gasteiger partial charge is 0.360 e. The van der Waals surface area contributed by atoms with E-state index in [9.17, 15) is 4.79 Å². The van der Waals surface area contributed by atoms with Crippen molar-refractivity contribution in [3.8, 4) is 17.1 Å². The molecule has 0 aliphatic rings. The van der Waals surface area contributed by atoms with Gasteiger partial charge in [0.05, 0.1) is 12.7 Å². The van der Waals surface area contributed by atoms with Crippen molar-refractivity contribution in [3.63, 3.8) is 0 Å². The van der Waals surface area contributed by atoms with Gasteiger partial charge < -0.3 is 14.7 Å². The molecule has 1 amide bonds. The van der Waals surface area contributed by atoms with Gasteiger partial charge in [-0.1, -0.05) is 5.16 Å². The molecule has 2 N–H and O–H groups in total. The Morgan fingerprint density at radius 3 is 2.71 bits per heavy atom. The van der Waals surface area contributed by atoms with Crippen LogP contribution in [-0.2, 0) is 11.3 Å². The predicted octanol–water partition coefficient (Wildman–Crippen LogP) is 2.05. The molecular weight excluding hydrogens is 374 g/mol. The molecule has 150 valence electrons. The monoisotopic (exact) mass is 402 g/mol. The lowest BCUT2D eigenvalue weighted by molar-refractivity contribution is -0.885. The molecule has 0 spiro atoms. The minimum Gasteiger partial charge on any atom is -0.360 e. The van der Waals surface area contributed by atoms with E-state index >= 15 is 0 Å². The smallest absolute Gasteiger partial charge is 0.275 e. The van der Waals surface area contributed by atoms with E-state index in [1.165, 1.54) is 0 Å². The lowest BCUT2D eigenvalue weighted by Crippen LogP contribution is -3.09. The zero-order valence-electron chi connectivity index (χ0n) is 17.3. The van der Waals surface area contributed by atoms with E-state index in [2.05, 4.69) is 40.3 Å². The highest BCUT2D eigenvalue weighted by atomic mass is 32.1. The molecule has 1 atom stereocenters. The molecular formula is C20H28N5O2S+. The maximum Gasteiger partial charge on any atom is 0.275 e. The van der Waals surface area contributed by atoms with Crippen LogP contribution >= 0.6 is 11.3 Å². The number of thiazole rings is 1. The summed E-state index contributed by atoms with van der Waals surface area (Å²) in [7, 11) is 2.01. The molecule has 3 aromatic heterocycles. The highest BCUT2D eigenvalue weighted by molar-refractivity contribution is 7.09. The first-order valence-corrected chi connectivity index (χ1v) is 10.3. The Bertz CT molecular complexity index is 969. The van der Waals surface area contributed by atoms with Crippen molar-refractivity contribution in [2.45, 2.75) is 47.2 Å². The average Bonchev–Trinajstić information content (AvgIpc) is 3.26. The molecule has 28 heavy (non-hydrogen) atoms. The third kappa shape index (κ3) is 4.51. The van der Waals surface area contributed by atoms with Gasteiger partial charge in [0.15, 0.2) is 12.4 Å². The molecule has 0 aliphatic heterocycles. The Labute approximate surface area is 169 Å². The van der Waals surface area contributed by atoms with Crippen LogP contribution in [0.3, 0.4) is 0 Å². The molecule has 3 aromatic rings. The van der Waals surface area contributed by atoms with Crippen LogP contribution in [-0.4, -0.2) is 40.2 Å². The van der Waals surface area contributed by atoms with E-state index in [1.54, 1.807) is 11.3 Å². The SMILES string of the molecule is Cc1cc(-n2c(C)cc(-c3csc(C[NH+](C)CC(=O)NC(C)C)n3)c2C)no1. The van der Waals surface area contributed by atoms with Crippen molar-refractivity contribution in [1.82, 2.24) is 20.0 Å². The van der Waals surface area contributed by atoms with Gasteiger partial charge in [0, 0.05) is 34.4 Å². The molecule has 0 saturated heterocycles. The molecule has 7 nitrogen and oxygen atoms in total. The first-order chi connectivity index (χ1) is 13.2. The Morgan fingerprint density at radius 1 is 1.32 bits per heavy atom. The fraction of sp³-hybridized carbons (Fsp3) is 0.450. The molecule has 0 saturated carbocycles. The lowest BCUT2D eigenvalue weighted by Gasteiger charge is -2.13. The van der Waals surface area contributed by atoms with Gasteiger partial charge in [0.1, 0.15) is 17.3 Å². The summed E-state index contributed by atoms with van der Waals surface area (Å²) in [5.74, 6) is 1.64. The summed E-state index contributed by atoms with van der Waals surface area (Å²) in [4.78, 5) is 17.9. The highest BCUT2D eigenvalue weighted by Crippen LogP contribution is 2.30. The summed E-state index contributed by atoms with van der Waals surface area (Å²) in [5.41, 5.74) is 4.22. The number of carbonyl (C=O) groups excluding carboxylic acids is 1. The number of carbonyl (C=O) groups is 1. The summed E-state index contributed by atoms with van der Waals surface area (Å²) in [6, 6.07) is 4.22. The molecule has 8 heteroatoms. The third-order valence-electron chi connectivity index (χ3n) is 4.47. The van der Waals surface area contributed by atoms with Crippen LogP contribution in [0.5, 0.6) is 0 Å². The first kappa shape index (κ1) is 20.3. The van der Waals surface area contributed by atoms with Crippen LogP contribution < -0.4 is 10.2 Å². The van der Waals surface area contributed by atoms with Crippen molar-refractivity contribution in [3.05, 3.63) is 39.7 Å². The van der Waals surface area contributed by atoms with E-state index in [1.807, 2.05) is 33.9 Å². The van der Waals surface area contributed by atoms with Crippen LogP contribution in [0, 0.1) is 20.8 Å². The molecule has 0 aromatic carbocycles. The molecule has 3 rings (SSSR count). The number of aromatic nitrogens is 3. The van der Waals surface area contributed by atoms with Crippen molar-refractivity contribution in [2.24, 2.45) is 0 Å². The molecule has 0 aliphatic carbocycles. The second-order valence-electron chi connectivity index (χ2n) is 7.58. The van der Waals surface area contributed by atoms with Crippen LogP contribution in [0.1, 0.15) is 36.0 Å². The van der Waals surface area contributed by atoms with E-state index in [4.69, 9.17) is 9.51 Å². The number of amides is 1. The zero-order valence-corrected chi connectivity index (χ0v) is 18.1. The Hall–Kier alpha value is -2.45. The van der Waals surface area contributed by atoms with Gasteiger partial charge in [0.25, 0.3) is 5.91 Å². The Kier molecular flexibility index (Phi) is 6.00. The van der Waals surface area contributed by atoms with Gasteiger partial charge >= 0.3 is 0 Å². The lowest BCUT2D eigenvalue weighted by atomic mass is 10.2. The van der Waals surface area contributed by atoms with Gasteiger partial charge in [-0.2, -0.15) is 0 Å². The minimum atomic E-state index is 0.0655. The maximum absolute atomic E-state index is 11.9. The fourth-order valence-corrected chi connectivity index (χ4v) is 4.22. The van der Waals surface area contributed by atoms with Crippen molar-refractivity contribution in [2.75, 3.05) is 13.6 Å². The molecule has 0 bridgehead atoms. The summed E-state index contributed by atoms with van der Waals surface area (Å²) in [6.45, 7) is 11.1. The normalized spacial score (nSPS) is 12.5. The van der Waals surface area contributed by atoms with E-state index < -0.39 is 0 Å². The predicted molar refractivity (Wildman–Crippen MR) is 110 cm³/mol. The quantitative estimate of drug-likeness (QED) is 0.634.